The van der Waals surface area contributed by atoms with Crippen molar-refractivity contribution >= 4 is 46.4 Å². The number of hydrogen-bond donors (Lipinski definition) is 2. The minimum atomic E-state index is -0.689. The fourth-order valence-corrected chi connectivity index (χ4v) is 3.57. The van der Waals surface area contributed by atoms with Crippen LogP contribution in [0.25, 0.3) is 11.0 Å². The number of hydrogen-bond acceptors (Lipinski definition) is 8. The zero-order valence-corrected chi connectivity index (χ0v) is 20.3. The van der Waals surface area contributed by atoms with Gasteiger partial charge in [-0.15, -0.1) is 0 Å². The summed E-state index contributed by atoms with van der Waals surface area (Å²) in [6, 6.07) is 11.6. The van der Waals surface area contributed by atoms with E-state index < -0.39 is 11.7 Å². The van der Waals surface area contributed by atoms with Gasteiger partial charge in [0.2, 0.25) is 5.91 Å². The molecule has 0 bridgehead atoms. The van der Waals surface area contributed by atoms with Crippen LogP contribution in [0.2, 0.25) is 0 Å². The number of aryl methyl sites for hydroxylation is 1. The molecule has 2 N–H and O–H groups in total. The Balaban J connectivity index is 1.70. The molecule has 9 nitrogen and oxygen atoms in total. The molecule has 0 spiro atoms. The minimum absolute atomic E-state index is 0.0788. The summed E-state index contributed by atoms with van der Waals surface area (Å²) in [7, 11) is 3.61. The molecule has 0 atom stereocenters. The zero-order chi connectivity index (χ0) is 24.7. The van der Waals surface area contributed by atoms with E-state index in [0.29, 0.717) is 28.3 Å². The van der Waals surface area contributed by atoms with Crippen molar-refractivity contribution in [3.63, 3.8) is 0 Å². The molecule has 1 heterocycles. The monoisotopic (exact) mass is 485 g/mol. The summed E-state index contributed by atoms with van der Waals surface area (Å²) < 4.78 is 16.3. The molecule has 180 valence electrons. The van der Waals surface area contributed by atoms with Crippen molar-refractivity contribution < 1.29 is 22.9 Å². The van der Waals surface area contributed by atoms with Crippen LogP contribution in [-0.4, -0.2) is 43.3 Å². The van der Waals surface area contributed by atoms with Crippen molar-refractivity contribution in [1.82, 2.24) is 4.90 Å². The van der Waals surface area contributed by atoms with Crippen molar-refractivity contribution in [2.75, 3.05) is 37.0 Å². The number of carbonyl (C=O) groups excluding carboxylic acids is 2. The van der Waals surface area contributed by atoms with Gasteiger partial charge in [-0.25, -0.2) is 9.59 Å². The average molecular weight is 486 g/mol. The number of rotatable bonds is 9. The summed E-state index contributed by atoms with van der Waals surface area (Å²) >= 11 is 1.26. The largest absolute Gasteiger partial charge is 0.444 e. The lowest BCUT2D eigenvalue weighted by Crippen LogP contribution is -2.27. The van der Waals surface area contributed by atoms with Gasteiger partial charge in [0, 0.05) is 40.2 Å². The molecule has 0 unspecified atom stereocenters. The standard InChI is InChI=1S/C24H27N3O6S/c1-5-34-33-20-9-7-17(25-22(28)13-27(3)4)11-16(20)14-31-24(30)26-18-6-8-19-15(2)10-23(29)32-21(19)12-18/h6-12H,5,13-14H2,1-4H3,(H,25,28)(H,26,30). The van der Waals surface area contributed by atoms with E-state index in [1.54, 1.807) is 55.4 Å². The van der Waals surface area contributed by atoms with Gasteiger partial charge in [0.15, 0.2) is 0 Å². The number of nitrogens with zero attached hydrogens (tertiary/aromatic N) is 1. The summed E-state index contributed by atoms with van der Waals surface area (Å²) in [5, 5.41) is 6.22. The predicted molar refractivity (Wildman–Crippen MR) is 133 cm³/mol. The second kappa shape index (κ2) is 11.6. The maximum Gasteiger partial charge on any atom is 0.411 e. The summed E-state index contributed by atoms with van der Waals surface area (Å²) in [5.41, 5.74) is 2.29. The molecule has 0 aliphatic heterocycles. The van der Waals surface area contributed by atoms with E-state index in [-0.39, 0.29) is 19.1 Å². The highest BCUT2D eigenvalue weighted by atomic mass is 32.2. The highest BCUT2D eigenvalue weighted by Gasteiger charge is 2.13. The number of amides is 2. The lowest BCUT2D eigenvalue weighted by atomic mass is 10.1. The van der Waals surface area contributed by atoms with Gasteiger partial charge in [-0.3, -0.25) is 10.1 Å². The molecular formula is C24H27N3O6S. The highest BCUT2D eigenvalue weighted by Crippen LogP contribution is 2.27. The second-order valence-corrected chi connectivity index (χ2v) is 8.74. The molecule has 0 radical (unpaired) electrons. The maximum absolute atomic E-state index is 12.4. The third-order valence-electron chi connectivity index (χ3n) is 4.63. The number of carbonyl (C=O) groups is 2. The molecule has 0 saturated heterocycles. The van der Waals surface area contributed by atoms with Gasteiger partial charge in [-0.2, -0.15) is 0 Å². The Labute approximate surface area is 201 Å². The van der Waals surface area contributed by atoms with Gasteiger partial charge >= 0.3 is 11.7 Å². The smallest absolute Gasteiger partial charge is 0.411 e. The van der Waals surface area contributed by atoms with Crippen LogP contribution in [0.3, 0.4) is 0 Å². The quantitative estimate of drug-likeness (QED) is 0.339. The first-order valence-electron chi connectivity index (χ1n) is 10.6. The molecular weight excluding hydrogens is 458 g/mol. The second-order valence-electron chi connectivity index (χ2n) is 7.76. The van der Waals surface area contributed by atoms with E-state index in [4.69, 9.17) is 13.3 Å². The molecule has 3 rings (SSSR count). The van der Waals surface area contributed by atoms with E-state index in [1.165, 1.54) is 18.1 Å². The Hall–Kier alpha value is -3.50. The number of anilines is 2. The summed E-state index contributed by atoms with van der Waals surface area (Å²) in [6.45, 7) is 3.93. The number of benzene rings is 2. The Morgan fingerprint density at radius 3 is 2.53 bits per heavy atom. The molecule has 1 aromatic heterocycles. The number of ether oxygens (including phenoxy) is 1. The van der Waals surface area contributed by atoms with E-state index in [1.807, 2.05) is 13.8 Å². The minimum Gasteiger partial charge on any atom is -0.444 e. The predicted octanol–water partition coefficient (Wildman–Crippen LogP) is 4.40. The molecule has 10 heteroatoms. The Bertz CT molecular complexity index is 1240. The Kier molecular flexibility index (Phi) is 8.55. The van der Waals surface area contributed by atoms with Crippen LogP contribution in [-0.2, 0) is 16.1 Å². The van der Waals surface area contributed by atoms with Crippen molar-refractivity contribution in [1.29, 1.82) is 0 Å². The fraction of sp³-hybridized carbons (Fsp3) is 0.292. The zero-order valence-electron chi connectivity index (χ0n) is 19.5. The van der Waals surface area contributed by atoms with Crippen LogP contribution >= 0.6 is 12.0 Å². The molecule has 0 fully saturated rings. The maximum atomic E-state index is 12.4. The van der Waals surface area contributed by atoms with Gasteiger partial charge in [-0.1, -0.05) is 6.92 Å². The third-order valence-corrected chi connectivity index (χ3v) is 5.16. The number of fused-ring (bicyclic) bond motifs is 1. The van der Waals surface area contributed by atoms with Crippen LogP contribution in [0, 0.1) is 6.92 Å². The number of likely N-dealkylation sites (N-methyl/N-ethyl adjacent to an activating group) is 1. The average Bonchev–Trinajstić information content (AvgIpc) is 2.76. The van der Waals surface area contributed by atoms with Crippen molar-refractivity contribution in [2.24, 2.45) is 0 Å². The molecule has 2 aromatic carbocycles. The molecule has 2 amide bonds. The fourth-order valence-electron chi connectivity index (χ4n) is 3.16. The molecule has 3 aromatic rings. The van der Waals surface area contributed by atoms with Crippen LogP contribution in [0.4, 0.5) is 16.2 Å². The van der Waals surface area contributed by atoms with Gasteiger partial charge in [0.25, 0.3) is 0 Å². The van der Waals surface area contributed by atoms with E-state index in [9.17, 15) is 14.4 Å². The third kappa shape index (κ3) is 7.00. The highest BCUT2D eigenvalue weighted by molar-refractivity contribution is 7.94. The summed E-state index contributed by atoms with van der Waals surface area (Å²) in [6.07, 6.45) is -0.689. The van der Waals surface area contributed by atoms with Crippen LogP contribution < -0.4 is 20.4 Å². The summed E-state index contributed by atoms with van der Waals surface area (Å²) in [5.74, 6) is 1.11. The van der Waals surface area contributed by atoms with Gasteiger partial charge in [0.1, 0.15) is 17.9 Å². The molecule has 34 heavy (non-hydrogen) atoms. The molecule has 0 aliphatic rings. The summed E-state index contributed by atoms with van der Waals surface area (Å²) in [4.78, 5) is 37.9. The Morgan fingerprint density at radius 1 is 1.06 bits per heavy atom. The number of nitrogens with one attached hydrogen (secondary N) is 2. The first-order chi connectivity index (χ1) is 16.2. The topological polar surface area (TPSA) is 110 Å². The first-order valence-corrected chi connectivity index (χ1v) is 11.5. The lowest BCUT2D eigenvalue weighted by Gasteiger charge is -2.14. The normalized spacial score (nSPS) is 10.9. The van der Waals surface area contributed by atoms with Crippen LogP contribution in [0.1, 0.15) is 18.1 Å². The van der Waals surface area contributed by atoms with Crippen molar-refractivity contribution in [3.8, 4) is 5.75 Å². The van der Waals surface area contributed by atoms with Gasteiger partial charge in [0.05, 0.1) is 18.6 Å². The van der Waals surface area contributed by atoms with Crippen molar-refractivity contribution in [2.45, 2.75) is 20.5 Å². The van der Waals surface area contributed by atoms with Crippen LogP contribution in [0.5, 0.6) is 5.75 Å². The van der Waals surface area contributed by atoms with E-state index >= 15 is 0 Å². The lowest BCUT2D eigenvalue weighted by molar-refractivity contribution is -0.116. The first kappa shape index (κ1) is 25.1. The molecule has 0 saturated carbocycles. The van der Waals surface area contributed by atoms with Crippen molar-refractivity contribution in [3.05, 3.63) is 64.0 Å². The van der Waals surface area contributed by atoms with Crippen LogP contribution in [0.15, 0.2) is 51.7 Å². The van der Waals surface area contributed by atoms with E-state index in [2.05, 4.69) is 10.6 Å². The molecule has 0 aliphatic carbocycles. The van der Waals surface area contributed by atoms with E-state index in [0.717, 1.165) is 16.7 Å². The van der Waals surface area contributed by atoms with Gasteiger partial charge < -0.3 is 23.6 Å². The SMILES string of the molecule is CCSOc1ccc(NC(=O)CN(C)C)cc1COC(=O)Nc1ccc2c(C)cc(=O)oc2c1. The Morgan fingerprint density at radius 2 is 1.79 bits per heavy atom. The van der Waals surface area contributed by atoms with Gasteiger partial charge in [-0.05, 0) is 56.9 Å².